The highest BCUT2D eigenvalue weighted by Gasteiger charge is 2.40. The molecule has 1 aromatic rings. The Balaban J connectivity index is 1.49. The number of ether oxygens (including phenoxy) is 2. The topological polar surface area (TPSA) is 71.4 Å². The number of carbonyl (C=O) groups excluding carboxylic acids is 1. The fraction of sp³-hybridized carbons (Fsp3) is 0.652. The first kappa shape index (κ1) is 22.4. The van der Waals surface area contributed by atoms with Crippen molar-refractivity contribution >= 4 is 5.91 Å². The zero-order valence-electron chi connectivity index (χ0n) is 18.6. The van der Waals surface area contributed by atoms with Crippen LogP contribution in [0.1, 0.15) is 37.7 Å². The van der Waals surface area contributed by atoms with Crippen LogP contribution in [0.15, 0.2) is 18.2 Å². The largest absolute Gasteiger partial charge is 0.493 e. The molecule has 1 aliphatic carbocycles. The van der Waals surface area contributed by atoms with Crippen molar-refractivity contribution in [3.05, 3.63) is 23.8 Å². The van der Waals surface area contributed by atoms with Crippen molar-refractivity contribution in [3.8, 4) is 17.6 Å². The number of benzene rings is 1. The second kappa shape index (κ2) is 10.1. The molecule has 0 unspecified atom stereocenters. The van der Waals surface area contributed by atoms with Gasteiger partial charge >= 0.3 is 0 Å². The van der Waals surface area contributed by atoms with E-state index in [1.807, 2.05) is 13.1 Å². The van der Waals surface area contributed by atoms with E-state index in [1.165, 1.54) is 21.8 Å². The average Bonchev–Trinajstić information content (AvgIpc) is 2.80. The van der Waals surface area contributed by atoms with Gasteiger partial charge in [-0.05, 0) is 31.0 Å². The van der Waals surface area contributed by atoms with Crippen molar-refractivity contribution in [1.82, 2.24) is 4.90 Å². The summed E-state index contributed by atoms with van der Waals surface area (Å²) >= 11 is 0. The van der Waals surface area contributed by atoms with Crippen LogP contribution in [-0.2, 0) is 11.3 Å². The molecule has 1 aliphatic heterocycles. The average molecular weight is 417 g/mol. The van der Waals surface area contributed by atoms with E-state index in [2.05, 4.69) is 18.2 Å². The monoisotopic (exact) mass is 416 g/mol. The van der Waals surface area contributed by atoms with Gasteiger partial charge in [0.2, 0.25) is 0 Å². The van der Waals surface area contributed by atoms with Crippen LogP contribution in [-0.4, -0.2) is 70.3 Å². The van der Waals surface area contributed by atoms with Gasteiger partial charge < -0.3 is 24.2 Å². The molecule has 0 bridgehead atoms. The Bertz CT molecular complexity index is 762. The van der Waals surface area contributed by atoms with Gasteiger partial charge in [0.05, 0.1) is 20.3 Å². The summed E-state index contributed by atoms with van der Waals surface area (Å²) in [6, 6.07) is 8.56. The van der Waals surface area contributed by atoms with Crippen LogP contribution < -0.4 is 19.3 Å². The number of hydrogen-bond donors (Lipinski definition) is 2. The predicted octanol–water partition coefficient (Wildman–Crippen LogP) is -0.328. The summed E-state index contributed by atoms with van der Waals surface area (Å²) in [6.07, 6.45) is 4.86. The van der Waals surface area contributed by atoms with Gasteiger partial charge in [0, 0.05) is 12.6 Å². The molecule has 1 saturated heterocycles. The lowest BCUT2D eigenvalue weighted by atomic mass is 9.81. The summed E-state index contributed by atoms with van der Waals surface area (Å²) in [6.45, 7) is 5.44. The Morgan fingerprint density at radius 1 is 1.07 bits per heavy atom. The van der Waals surface area contributed by atoms with E-state index in [9.17, 15) is 10.1 Å². The highest BCUT2D eigenvalue weighted by atomic mass is 16.5. The molecule has 2 N–H and O–H groups in total. The minimum absolute atomic E-state index is 0.108. The number of nitrogens with one attached hydrogen (secondary N) is 2. The van der Waals surface area contributed by atoms with Gasteiger partial charge in [0.1, 0.15) is 38.3 Å². The molecule has 7 nitrogen and oxygen atoms in total. The fourth-order valence-corrected chi connectivity index (χ4v) is 4.82. The van der Waals surface area contributed by atoms with Gasteiger partial charge in [-0.1, -0.05) is 19.3 Å². The summed E-state index contributed by atoms with van der Waals surface area (Å²) in [5.41, 5.74) is 0.644. The van der Waals surface area contributed by atoms with Crippen molar-refractivity contribution in [2.75, 3.05) is 54.0 Å². The Morgan fingerprint density at radius 2 is 1.70 bits per heavy atom. The van der Waals surface area contributed by atoms with E-state index in [4.69, 9.17) is 9.47 Å². The number of methoxy groups -OCH3 is 2. The zero-order valence-corrected chi connectivity index (χ0v) is 18.6. The molecule has 1 heterocycles. The maximum absolute atomic E-state index is 12.9. The fourth-order valence-electron chi connectivity index (χ4n) is 4.82. The minimum Gasteiger partial charge on any atom is -0.493 e. The normalized spacial score (nSPS) is 23.3. The van der Waals surface area contributed by atoms with Gasteiger partial charge in [-0.25, -0.2) is 0 Å². The van der Waals surface area contributed by atoms with Crippen LogP contribution >= 0.6 is 0 Å². The number of quaternary nitrogens is 2. The van der Waals surface area contributed by atoms with Crippen molar-refractivity contribution in [1.29, 1.82) is 5.26 Å². The molecule has 0 aromatic heterocycles. The second-order valence-corrected chi connectivity index (χ2v) is 8.70. The Hall–Kier alpha value is -2.30. The number of amides is 1. The second-order valence-electron chi connectivity index (χ2n) is 8.70. The number of nitriles is 1. The molecule has 0 spiro atoms. The molecule has 164 valence electrons. The summed E-state index contributed by atoms with van der Waals surface area (Å²) in [7, 11) is 5.14. The van der Waals surface area contributed by atoms with E-state index < -0.39 is 5.54 Å². The molecule has 30 heavy (non-hydrogen) atoms. The van der Waals surface area contributed by atoms with E-state index in [0.717, 1.165) is 69.9 Å². The maximum Gasteiger partial charge on any atom is 0.278 e. The molecule has 0 atom stereocenters. The third-order valence-electron chi connectivity index (χ3n) is 6.87. The highest BCUT2D eigenvalue weighted by Crippen LogP contribution is 2.32. The summed E-state index contributed by atoms with van der Waals surface area (Å²) < 4.78 is 10.7. The number of piperazine rings is 1. The number of rotatable bonds is 7. The Kier molecular flexibility index (Phi) is 7.57. The Labute approximate surface area is 180 Å². The van der Waals surface area contributed by atoms with E-state index in [0.29, 0.717) is 6.54 Å². The number of likely N-dealkylation sites (N-methyl/N-ethyl adjacent to an activating group) is 1. The van der Waals surface area contributed by atoms with E-state index in [-0.39, 0.29) is 5.91 Å². The smallest absolute Gasteiger partial charge is 0.278 e. The third-order valence-corrected chi connectivity index (χ3v) is 6.87. The zero-order chi connectivity index (χ0) is 21.6. The quantitative estimate of drug-likeness (QED) is 0.639. The molecular formula is C23H36N4O3+2. The van der Waals surface area contributed by atoms with Crippen molar-refractivity contribution in [2.24, 2.45) is 0 Å². The van der Waals surface area contributed by atoms with Gasteiger partial charge in [-0.2, -0.15) is 5.26 Å². The highest BCUT2D eigenvalue weighted by molar-refractivity contribution is 5.78. The van der Waals surface area contributed by atoms with Crippen LogP contribution in [0.2, 0.25) is 0 Å². The third kappa shape index (κ3) is 5.05. The molecule has 1 amide bonds. The predicted molar refractivity (Wildman–Crippen MR) is 114 cm³/mol. The molecular weight excluding hydrogens is 380 g/mol. The lowest BCUT2D eigenvalue weighted by molar-refractivity contribution is -1.02. The van der Waals surface area contributed by atoms with E-state index >= 15 is 0 Å². The Morgan fingerprint density at radius 3 is 2.30 bits per heavy atom. The van der Waals surface area contributed by atoms with Gasteiger partial charge in [-0.3, -0.25) is 4.79 Å². The standard InChI is InChI=1S/C23H34N4O3/c1-25(23(18-24)9-5-4-6-10-23)22(28)17-27-13-11-26(12-14-27)16-19-7-8-20(29-2)21(15-19)30-3/h7-8,15H,4-6,9-14,16-17H2,1-3H3/p+2. The first-order chi connectivity index (χ1) is 14.5. The van der Waals surface area contributed by atoms with Crippen molar-refractivity contribution < 1.29 is 24.1 Å². The van der Waals surface area contributed by atoms with Crippen LogP contribution in [0.4, 0.5) is 0 Å². The molecule has 2 aliphatic rings. The van der Waals surface area contributed by atoms with Crippen molar-refractivity contribution in [2.45, 2.75) is 44.2 Å². The van der Waals surface area contributed by atoms with Crippen LogP contribution in [0.25, 0.3) is 0 Å². The first-order valence-electron chi connectivity index (χ1n) is 11.1. The van der Waals surface area contributed by atoms with Crippen LogP contribution in [0, 0.1) is 11.3 Å². The van der Waals surface area contributed by atoms with Crippen LogP contribution in [0.3, 0.4) is 0 Å². The molecule has 7 heteroatoms. The molecule has 3 rings (SSSR count). The molecule has 1 saturated carbocycles. The number of nitrogens with zero attached hydrogens (tertiary/aromatic N) is 2. The first-order valence-corrected chi connectivity index (χ1v) is 11.1. The lowest BCUT2D eigenvalue weighted by Crippen LogP contribution is -3.28. The summed E-state index contributed by atoms with van der Waals surface area (Å²) in [4.78, 5) is 17.5. The number of hydrogen-bond acceptors (Lipinski definition) is 4. The molecule has 2 fully saturated rings. The van der Waals surface area contributed by atoms with Gasteiger partial charge in [-0.15, -0.1) is 0 Å². The summed E-state index contributed by atoms with van der Waals surface area (Å²) in [5.74, 6) is 1.62. The van der Waals surface area contributed by atoms with Gasteiger partial charge in [0.15, 0.2) is 18.0 Å². The summed E-state index contributed by atoms with van der Waals surface area (Å²) in [5, 5.41) is 9.74. The van der Waals surface area contributed by atoms with Crippen LogP contribution in [0.5, 0.6) is 11.5 Å². The van der Waals surface area contributed by atoms with Gasteiger partial charge in [0.25, 0.3) is 5.91 Å². The SMILES string of the molecule is COc1ccc(C[NH+]2CC[NH+](CC(=O)N(C)C3(C#N)CCCCC3)CC2)cc1OC. The lowest BCUT2D eigenvalue weighted by Gasteiger charge is -2.39. The van der Waals surface area contributed by atoms with Crippen molar-refractivity contribution in [3.63, 3.8) is 0 Å². The molecule has 1 aromatic carbocycles. The maximum atomic E-state index is 12.9. The van der Waals surface area contributed by atoms with E-state index in [1.54, 1.807) is 19.1 Å². The molecule has 0 radical (unpaired) electrons. The number of carbonyl (C=O) groups is 1. The minimum atomic E-state index is -0.588.